The second-order valence-corrected chi connectivity index (χ2v) is 6.66. The molecule has 0 radical (unpaired) electrons. The first kappa shape index (κ1) is 16.4. The van der Waals surface area contributed by atoms with Crippen molar-refractivity contribution in [1.29, 1.82) is 0 Å². The first-order valence-corrected chi connectivity index (χ1v) is 8.21. The third-order valence-electron chi connectivity index (χ3n) is 5.02. The average Bonchev–Trinajstić information content (AvgIpc) is 3.16. The van der Waals surface area contributed by atoms with Gasteiger partial charge < -0.3 is 10.1 Å². The normalized spacial score (nSPS) is 24.6. The number of amides is 1. The van der Waals surface area contributed by atoms with Crippen molar-refractivity contribution in [2.45, 2.75) is 32.1 Å². The van der Waals surface area contributed by atoms with Gasteiger partial charge in [-0.2, -0.15) is 0 Å². The van der Waals surface area contributed by atoms with Crippen LogP contribution in [0.4, 0.5) is 11.4 Å². The number of ether oxygens (including phenoxy) is 1. The van der Waals surface area contributed by atoms with Crippen molar-refractivity contribution in [3.63, 3.8) is 0 Å². The lowest BCUT2D eigenvalue weighted by atomic mass is 9.86. The number of nitrogens with one attached hydrogen (secondary N) is 1. The Balaban J connectivity index is 1.43. The minimum Gasteiger partial charge on any atom is -0.456 e. The Morgan fingerprint density at radius 3 is 2.79 bits per heavy atom. The van der Waals surface area contributed by atoms with Crippen molar-refractivity contribution in [3.05, 3.63) is 34.4 Å². The molecule has 1 amide bonds. The molecule has 7 nitrogen and oxygen atoms in total. The highest BCUT2D eigenvalue weighted by Crippen LogP contribution is 2.49. The van der Waals surface area contributed by atoms with Gasteiger partial charge in [-0.1, -0.05) is 12.5 Å². The first-order chi connectivity index (χ1) is 11.5. The summed E-state index contributed by atoms with van der Waals surface area (Å²) >= 11 is 0. The van der Waals surface area contributed by atoms with E-state index in [2.05, 4.69) is 5.32 Å². The Kier molecular flexibility index (Phi) is 4.78. The Bertz CT molecular complexity index is 660. The maximum atomic E-state index is 11.9. The summed E-state index contributed by atoms with van der Waals surface area (Å²) < 4.78 is 5.04. The number of fused-ring (bicyclic) bond motifs is 2. The lowest BCUT2D eigenvalue weighted by Gasteiger charge is -2.20. The van der Waals surface area contributed by atoms with Crippen molar-refractivity contribution in [2.75, 3.05) is 11.9 Å². The molecule has 128 valence electrons. The molecule has 2 aliphatic rings. The summed E-state index contributed by atoms with van der Waals surface area (Å²) in [6.07, 6.45) is 5.19. The molecule has 0 aromatic heterocycles. The molecule has 24 heavy (non-hydrogen) atoms. The SMILES string of the molecule is O=C(COC(=O)C[C@H]1C[C@H]2CC[C@@H]1C2)Nc1cccc([N+](=O)[O-])c1. The molecule has 2 bridgehead atoms. The van der Waals surface area contributed by atoms with Crippen molar-refractivity contribution in [2.24, 2.45) is 17.8 Å². The third kappa shape index (κ3) is 3.90. The second kappa shape index (κ2) is 6.98. The fourth-order valence-electron chi connectivity index (χ4n) is 3.94. The number of carbonyl (C=O) groups is 2. The van der Waals surface area contributed by atoms with Gasteiger partial charge in [-0.25, -0.2) is 0 Å². The van der Waals surface area contributed by atoms with Crippen LogP contribution in [-0.2, 0) is 14.3 Å². The van der Waals surface area contributed by atoms with Crippen LogP contribution in [0.2, 0.25) is 0 Å². The zero-order chi connectivity index (χ0) is 17.1. The van der Waals surface area contributed by atoms with Crippen molar-refractivity contribution >= 4 is 23.3 Å². The standard InChI is InChI=1S/C17H20N2O5/c20-16(18-14-2-1-3-15(9-14)19(22)23)10-24-17(21)8-13-7-11-4-5-12(13)6-11/h1-3,9,11-13H,4-8,10H2,(H,18,20)/t11-,12+,13+/m0/s1. The maximum Gasteiger partial charge on any atom is 0.306 e. The van der Waals surface area contributed by atoms with Crippen molar-refractivity contribution in [3.8, 4) is 0 Å². The van der Waals surface area contributed by atoms with Gasteiger partial charge in [-0.15, -0.1) is 0 Å². The lowest BCUT2D eigenvalue weighted by molar-refractivity contribution is -0.384. The molecule has 2 fully saturated rings. The highest BCUT2D eigenvalue weighted by Gasteiger charge is 2.40. The van der Waals surface area contributed by atoms with E-state index in [4.69, 9.17) is 4.74 Å². The van der Waals surface area contributed by atoms with E-state index in [-0.39, 0.29) is 18.3 Å². The molecule has 0 aliphatic heterocycles. The summed E-state index contributed by atoms with van der Waals surface area (Å²) in [6.45, 7) is -0.373. The highest BCUT2D eigenvalue weighted by molar-refractivity contribution is 5.93. The quantitative estimate of drug-likeness (QED) is 0.490. The number of anilines is 1. The molecule has 0 spiro atoms. The van der Waals surface area contributed by atoms with Crippen LogP contribution >= 0.6 is 0 Å². The van der Waals surface area contributed by atoms with Gasteiger partial charge >= 0.3 is 5.97 Å². The van der Waals surface area contributed by atoms with Crippen LogP contribution in [0.1, 0.15) is 32.1 Å². The molecule has 3 atom stereocenters. The van der Waals surface area contributed by atoms with Crippen molar-refractivity contribution < 1.29 is 19.2 Å². The van der Waals surface area contributed by atoms with Gasteiger partial charge in [0.15, 0.2) is 6.61 Å². The second-order valence-electron chi connectivity index (χ2n) is 6.66. The number of nitro groups is 1. The van der Waals surface area contributed by atoms with Gasteiger partial charge in [0.25, 0.3) is 11.6 Å². The van der Waals surface area contributed by atoms with E-state index in [9.17, 15) is 19.7 Å². The Morgan fingerprint density at radius 1 is 1.29 bits per heavy atom. The Morgan fingerprint density at radius 2 is 2.12 bits per heavy atom. The molecular formula is C17H20N2O5. The van der Waals surface area contributed by atoms with Crippen LogP contribution in [0.25, 0.3) is 0 Å². The van der Waals surface area contributed by atoms with Crippen LogP contribution in [0.15, 0.2) is 24.3 Å². The number of nitro benzene ring substituents is 1. The molecular weight excluding hydrogens is 312 g/mol. The number of rotatable bonds is 6. The minimum absolute atomic E-state index is 0.110. The number of hydrogen-bond donors (Lipinski definition) is 1. The van der Waals surface area contributed by atoms with Crippen molar-refractivity contribution in [1.82, 2.24) is 0 Å². The van der Waals surface area contributed by atoms with Crippen LogP contribution in [0.3, 0.4) is 0 Å². The van der Waals surface area contributed by atoms with Gasteiger partial charge in [-0.05, 0) is 43.1 Å². The fraction of sp³-hybridized carbons (Fsp3) is 0.529. The molecule has 7 heteroatoms. The van der Waals surface area contributed by atoms with Crippen LogP contribution in [0, 0.1) is 27.9 Å². The highest BCUT2D eigenvalue weighted by atomic mass is 16.6. The zero-order valence-electron chi connectivity index (χ0n) is 13.3. The van der Waals surface area contributed by atoms with E-state index in [1.165, 1.54) is 37.5 Å². The molecule has 0 heterocycles. The zero-order valence-corrected chi connectivity index (χ0v) is 13.3. The topological polar surface area (TPSA) is 98.5 Å². The maximum absolute atomic E-state index is 11.9. The van der Waals surface area contributed by atoms with E-state index in [0.717, 1.165) is 12.3 Å². The number of hydrogen-bond acceptors (Lipinski definition) is 5. The number of non-ortho nitro benzene ring substituents is 1. The van der Waals surface area contributed by atoms with E-state index in [1.54, 1.807) is 6.07 Å². The van der Waals surface area contributed by atoms with Gasteiger partial charge in [0.05, 0.1) is 4.92 Å². The lowest BCUT2D eigenvalue weighted by Crippen LogP contribution is -2.23. The summed E-state index contributed by atoms with van der Waals surface area (Å²) in [5.41, 5.74) is 0.194. The number of esters is 1. The van der Waals surface area contributed by atoms with Crippen LogP contribution in [0.5, 0.6) is 0 Å². The van der Waals surface area contributed by atoms with E-state index in [1.807, 2.05) is 0 Å². The average molecular weight is 332 g/mol. The van der Waals surface area contributed by atoms with Gasteiger partial charge in [-0.3, -0.25) is 19.7 Å². The molecule has 1 aromatic rings. The minimum atomic E-state index is -0.537. The van der Waals surface area contributed by atoms with Crippen LogP contribution < -0.4 is 5.32 Å². The summed E-state index contributed by atoms with van der Waals surface area (Å²) in [7, 11) is 0. The van der Waals surface area contributed by atoms with E-state index < -0.39 is 10.8 Å². The molecule has 3 rings (SSSR count). The van der Waals surface area contributed by atoms with E-state index >= 15 is 0 Å². The first-order valence-electron chi connectivity index (χ1n) is 8.21. The fourth-order valence-corrected chi connectivity index (χ4v) is 3.94. The van der Waals surface area contributed by atoms with Gasteiger partial charge in [0.2, 0.25) is 0 Å². The summed E-state index contributed by atoms with van der Waals surface area (Å²) in [6, 6.07) is 5.62. The number of benzene rings is 1. The molecule has 0 unspecified atom stereocenters. The number of carbonyl (C=O) groups excluding carboxylic acids is 2. The summed E-state index contributed by atoms with van der Waals surface area (Å²) in [5.74, 6) is 0.959. The summed E-state index contributed by atoms with van der Waals surface area (Å²) in [5, 5.41) is 13.2. The van der Waals surface area contributed by atoms with Gasteiger partial charge in [0, 0.05) is 24.2 Å². The summed E-state index contributed by atoms with van der Waals surface area (Å²) in [4.78, 5) is 33.8. The molecule has 0 saturated heterocycles. The predicted octanol–water partition coefficient (Wildman–Crippen LogP) is 2.90. The van der Waals surface area contributed by atoms with Crippen LogP contribution in [-0.4, -0.2) is 23.4 Å². The smallest absolute Gasteiger partial charge is 0.306 e. The molecule has 1 N–H and O–H groups in total. The Hall–Kier alpha value is -2.44. The third-order valence-corrected chi connectivity index (χ3v) is 5.02. The Labute approximate surface area is 139 Å². The molecule has 1 aromatic carbocycles. The monoisotopic (exact) mass is 332 g/mol. The van der Waals surface area contributed by atoms with Gasteiger partial charge in [0.1, 0.15) is 0 Å². The van der Waals surface area contributed by atoms with E-state index in [0.29, 0.717) is 23.9 Å². The molecule has 2 aliphatic carbocycles. The molecule has 2 saturated carbocycles. The number of nitrogens with zero attached hydrogens (tertiary/aromatic N) is 1. The largest absolute Gasteiger partial charge is 0.456 e. The predicted molar refractivity (Wildman–Crippen MR) is 86.2 cm³/mol.